The second-order valence-electron chi connectivity index (χ2n) is 4.78. The van der Waals surface area contributed by atoms with Gasteiger partial charge in [0, 0.05) is 6.42 Å². The number of amides is 1. The van der Waals surface area contributed by atoms with Gasteiger partial charge >= 0.3 is 11.9 Å². The van der Waals surface area contributed by atoms with Crippen LogP contribution in [0.15, 0.2) is 10.7 Å². The molecule has 0 spiro atoms. The number of ether oxygens (including phenoxy) is 2. The first-order valence-electron chi connectivity index (χ1n) is 7.73. The van der Waals surface area contributed by atoms with Crippen molar-refractivity contribution in [2.75, 3.05) is 20.3 Å². The Morgan fingerprint density at radius 2 is 1.96 bits per heavy atom. The lowest BCUT2D eigenvalue weighted by atomic mass is 10.1. The molecule has 0 fully saturated rings. The van der Waals surface area contributed by atoms with Gasteiger partial charge in [-0.05, 0) is 27.3 Å². The predicted octanol–water partition coefficient (Wildman–Crippen LogP) is 0.399. The number of nitrogens with one attached hydrogen (secondary N) is 2. The van der Waals surface area contributed by atoms with Gasteiger partial charge < -0.3 is 24.5 Å². The van der Waals surface area contributed by atoms with Crippen molar-refractivity contribution in [1.82, 2.24) is 15.6 Å². The summed E-state index contributed by atoms with van der Waals surface area (Å²) in [6, 6.07) is -0.966. The molecular weight excluding hydrogens is 318 g/mol. The number of nitrogens with zero attached hydrogens (tertiary/aromatic N) is 1. The molecule has 0 radical (unpaired) electrons. The quantitative estimate of drug-likeness (QED) is 0.587. The molecule has 134 valence electrons. The van der Waals surface area contributed by atoms with Gasteiger partial charge in [0.15, 0.2) is 5.69 Å². The lowest BCUT2D eigenvalue weighted by Crippen LogP contribution is -2.42. The summed E-state index contributed by atoms with van der Waals surface area (Å²) in [5.74, 6) is -1.29. The molecule has 9 nitrogen and oxygen atoms in total. The van der Waals surface area contributed by atoms with E-state index in [1.54, 1.807) is 20.9 Å². The average Bonchev–Trinajstić information content (AvgIpc) is 3.01. The fourth-order valence-electron chi connectivity index (χ4n) is 1.87. The van der Waals surface area contributed by atoms with Gasteiger partial charge in [0.2, 0.25) is 5.89 Å². The molecule has 9 heteroatoms. The van der Waals surface area contributed by atoms with E-state index in [9.17, 15) is 14.4 Å². The molecule has 0 bridgehead atoms. The van der Waals surface area contributed by atoms with Crippen LogP contribution in [0.2, 0.25) is 0 Å². The molecule has 1 amide bonds. The zero-order valence-electron chi connectivity index (χ0n) is 14.1. The van der Waals surface area contributed by atoms with E-state index in [4.69, 9.17) is 13.9 Å². The van der Waals surface area contributed by atoms with Gasteiger partial charge in [-0.3, -0.25) is 9.59 Å². The molecule has 0 saturated heterocycles. The molecule has 1 heterocycles. The van der Waals surface area contributed by atoms with Crippen LogP contribution in [0.3, 0.4) is 0 Å². The first kappa shape index (κ1) is 19.6. The lowest BCUT2D eigenvalue weighted by molar-refractivity contribution is -0.146. The highest BCUT2D eigenvalue weighted by molar-refractivity contribution is 5.95. The zero-order chi connectivity index (χ0) is 17.9. The Balaban J connectivity index is 2.69. The number of carbonyl (C=O) groups excluding carboxylic acids is 3. The summed E-state index contributed by atoms with van der Waals surface area (Å²) in [6.45, 7) is 4.14. The molecule has 0 aliphatic rings. The largest absolute Gasteiger partial charge is 0.466 e. The van der Waals surface area contributed by atoms with Crippen LogP contribution in [-0.4, -0.2) is 49.1 Å². The minimum atomic E-state index is -0.966. The molecule has 1 aromatic heterocycles. The summed E-state index contributed by atoms with van der Waals surface area (Å²) < 4.78 is 14.9. The predicted molar refractivity (Wildman–Crippen MR) is 83.0 cm³/mol. The van der Waals surface area contributed by atoms with Crippen molar-refractivity contribution < 1.29 is 28.3 Å². The van der Waals surface area contributed by atoms with Crippen LogP contribution in [0.4, 0.5) is 0 Å². The molecule has 24 heavy (non-hydrogen) atoms. The maximum atomic E-state index is 12.2. The van der Waals surface area contributed by atoms with Gasteiger partial charge in [0.25, 0.3) is 5.91 Å². The van der Waals surface area contributed by atoms with Gasteiger partial charge in [-0.2, -0.15) is 0 Å². The highest BCUT2D eigenvalue weighted by atomic mass is 16.5. The summed E-state index contributed by atoms with van der Waals surface area (Å²) in [5.41, 5.74) is 0.0469. The summed E-state index contributed by atoms with van der Waals surface area (Å²) in [5, 5.41) is 5.35. The van der Waals surface area contributed by atoms with Crippen molar-refractivity contribution in [2.24, 2.45) is 0 Å². The van der Waals surface area contributed by atoms with Crippen LogP contribution in [-0.2, 0) is 25.6 Å². The Hall–Kier alpha value is -2.42. The van der Waals surface area contributed by atoms with Gasteiger partial charge in [-0.15, -0.1) is 0 Å². The molecule has 0 aliphatic carbocycles. The van der Waals surface area contributed by atoms with E-state index in [1.807, 2.05) is 0 Å². The Morgan fingerprint density at radius 3 is 2.58 bits per heavy atom. The number of aromatic nitrogens is 1. The number of rotatable bonds is 10. The lowest BCUT2D eigenvalue weighted by Gasteiger charge is -2.16. The van der Waals surface area contributed by atoms with Crippen LogP contribution >= 0.6 is 0 Å². The van der Waals surface area contributed by atoms with Crippen LogP contribution in [0, 0.1) is 0 Å². The van der Waals surface area contributed by atoms with Crippen LogP contribution in [0.1, 0.15) is 43.1 Å². The molecule has 0 aliphatic heterocycles. The number of hydrogen-bond donors (Lipinski definition) is 2. The van der Waals surface area contributed by atoms with E-state index in [0.717, 1.165) is 0 Å². The van der Waals surface area contributed by atoms with Crippen molar-refractivity contribution >= 4 is 17.8 Å². The standard InChI is InChI=1S/C15H23N3O6/c1-4-22-13(19)7-6-10(15(21)23-5-2)18-14(20)11-9-24-12(17-11)8-16-3/h9-10,16H,4-8H2,1-3H3,(H,18,20). The average molecular weight is 341 g/mol. The minimum absolute atomic E-state index is 0.0125. The Bertz CT molecular complexity index is 557. The summed E-state index contributed by atoms with van der Waals surface area (Å²) in [7, 11) is 1.72. The number of oxazole rings is 1. The van der Waals surface area contributed by atoms with Crippen molar-refractivity contribution in [3.8, 4) is 0 Å². The molecule has 1 unspecified atom stereocenters. The maximum Gasteiger partial charge on any atom is 0.328 e. The van der Waals surface area contributed by atoms with Crippen molar-refractivity contribution in [2.45, 2.75) is 39.3 Å². The van der Waals surface area contributed by atoms with Gasteiger partial charge in [-0.25, -0.2) is 9.78 Å². The molecule has 1 aromatic rings. The van der Waals surface area contributed by atoms with Crippen molar-refractivity contribution in [3.63, 3.8) is 0 Å². The third-order valence-electron chi connectivity index (χ3n) is 2.93. The fraction of sp³-hybridized carbons (Fsp3) is 0.600. The minimum Gasteiger partial charge on any atom is -0.466 e. The van der Waals surface area contributed by atoms with E-state index >= 15 is 0 Å². The van der Waals surface area contributed by atoms with E-state index in [2.05, 4.69) is 15.6 Å². The van der Waals surface area contributed by atoms with Gasteiger partial charge in [0.1, 0.15) is 12.3 Å². The fourth-order valence-corrected chi connectivity index (χ4v) is 1.87. The topological polar surface area (TPSA) is 120 Å². The van der Waals surface area contributed by atoms with E-state index in [0.29, 0.717) is 12.4 Å². The summed E-state index contributed by atoms with van der Waals surface area (Å²) in [6.07, 6.45) is 1.27. The smallest absolute Gasteiger partial charge is 0.328 e. The Labute approximate surface area is 140 Å². The number of carbonyl (C=O) groups is 3. The third kappa shape index (κ3) is 6.37. The van der Waals surface area contributed by atoms with Crippen LogP contribution in [0.25, 0.3) is 0 Å². The first-order chi connectivity index (χ1) is 11.5. The highest BCUT2D eigenvalue weighted by Gasteiger charge is 2.25. The SMILES string of the molecule is CCOC(=O)CCC(NC(=O)c1coc(CNC)n1)C(=O)OCC. The summed E-state index contributed by atoms with van der Waals surface area (Å²) in [4.78, 5) is 39.6. The monoisotopic (exact) mass is 341 g/mol. The van der Waals surface area contributed by atoms with Crippen LogP contribution < -0.4 is 10.6 Å². The molecule has 2 N–H and O–H groups in total. The maximum absolute atomic E-state index is 12.2. The second kappa shape index (κ2) is 10.4. The normalized spacial score (nSPS) is 11.6. The van der Waals surface area contributed by atoms with Crippen molar-refractivity contribution in [1.29, 1.82) is 0 Å². The van der Waals surface area contributed by atoms with Gasteiger partial charge in [-0.1, -0.05) is 0 Å². The Kier molecular flexibility index (Phi) is 8.48. The first-order valence-corrected chi connectivity index (χ1v) is 7.73. The molecule has 0 aromatic carbocycles. The van der Waals surface area contributed by atoms with Crippen LogP contribution in [0.5, 0.6) is 0 Å². The van der Waals surface area contributed by atoms with E-state index in [-0.39, 0.29) is 31.7 Å². The Morgan fingerprint density at radius 1 is 1.25 bits per heavy atom. The third-order valence-corrected chi connectivity index (χ3v) is 2.93. The molecular formula is C15H23N3O6. The van der Waals surface area contributed by atoms with Crippen molar-refractivity contribution in [3.05, 3.63) is 17.8 Å². The number of hydrogen-bond acceptors (Lipinski definition) is 8. The molecule has 1 rings (SSSR count). The van der Waals surface area contributed by atoms with Gasteiger partial charge in [0.05, 0.1) is 19.8 Å². The molecule has 0 saturated carbocycles. The highest BCUT2D eigenvalue weighted by Crippen LogP contribution is 2.06. The second-order valence-corrected chi connectivity index (χ2v) is 4.78. The molecule has 1 atom stereocenters. The van der Waals surface area contributed by atoms with E-state index in [1.165, 1.54) is 6.26 Å². The zero-order valence-corrected chi connectivity index (χ0v) is 14.1. The summed E-state index contributed by atoms with van der Waals surface area (Å²) >= 11 is 0. The van der Waals surface area contributed by atoms with E-state index < -0.39 is 23.9 Å². The number of esters is 2.